The highest BCUT2D eigenvalue weighted by Gasteiger charge is 2.46. The molecule has 0 atom stereocenters. The van der Waals surface area contributed by atoms with Gasteiger partial charge in [-0.3, -0.25) is 9.59 Å². The molecule has 4 nitrogen and oxygen atoms in total. The lowest BCUT2D eigenvalue weighted by atomic mass is 9.82. The van der Waals surface area contributed by atoms with E-state index in [-0.39, 0.29) is 6.61 Å². The Kier molecular flexibility index (Phi) is 5.55. The van der Waals surface area contributed by atoms with Crippen molar-refractivity contribution in [2.45, 2.75) is 33.6 Å². The summed E-state index contributed by atoms with van der Waals surface area (Å²) in [7, 11) is 0. The van der Waals surface area contributed by atoms with E-state index < -0.39 is 17.4 Å². The fourth-order valence-electron chi connectivity index (χ4n) is 1.87. The summed E-state index contributed by atoms with van der Waals surface area (Å²) in [4.78, 5) is 24.3. The van der Waals surface area contributed by atoms with Crippen LogP contribution in [0.25, 0.3) is 0 Å². The van der Waals surface area contributed by atoms with Crippen molar-refractivity contribution >= 4 is 11.9 Å². The molecule has 0 saturated heterocycles. The Morgan fingerprint density at radius 1 is 1.00 bits per heavy atom. The second-order valence-corrected chi connectivity index (χ2v) is 4.21. The van der Waals surface area contributed by atoms with E-state index in [1.54, 1.807) is 45.0 Å². The summed E-state index contributed by atoms with van der Waals surface area (Å²) in [5, 5.41) is 0. The van der Waals surface area contributed by atoms with Crippen molar-refractivity contribution in [2.75, 3.05) is 6.61 Å². The fraction of sp³-hybridized carbons (Fsp3) is 0.467. The van der Waals surface area contributed by atoms with E-state index >= 15 is 0 Å². The number of hydrogen-bond donors (Lipinski definition) is 0. The van der Waals surface area contributed by atoms with Gasteiger partial charge in [-0.2, -0.15) is 0 Å². The van der Waals surface area contributed by atoms with E-state index in [1.165, 1.54) is 0 Å². The van der Waals surface area contributed by atoms with Crippen LogP contribution in [0.5, 0.6) is 5.75 Å². The number of carbonyl (C=O) groups excluding carboxylic acids is 2. The Balaban J connectivity index is 2.92. The van der Waals surface area contributed by atoms with Gasteiger partial charge in [0, 0.05) is 0 Å². The second-order valence-electron chi connectivity index (χ2n) is 4.21. The Morgan fingerprint density at radius 3 is 2.05 bits per heavy atom. The van der Waals surface area contributed by atoms with Gasteiger partial charge in [-0.1, -0.05) is 32.0 Å². The van der Waals surface area contributed by atoms with Gasteiger partial charge in [-0.05, 0) is 31.9 Å². The van der Waals surface area contributed by atoms with Crippen molar-refractivity contribution < 1.29 is 19.1 Å². The zero-order valence-electron chi connectivity index (χ0n) is 11.6. The third-order valence-corrected chi connectivity index (χ3v) is 3.22. The summed E-state index contributed by atoms with van der Waals surface area (Å²) < 4.78 is 10.3. The maximum Gasteiger partial charge on any atom is 0.328 e. The third-order valence-electron chi connectivity index (χ3n) is 3.22. The van der Waals surface area contributed by atoms with Crippen LogP contribution >= 0.6 is 0 Å². The highest BCUT2D eigenvalue weighted by Crippen LogP contribution is 2.30. The molecule has 0 aliphatic rings. The first-order chi connectivity index (χ1) is 9.10. The van der Waals surface area contributed by atoms with Crippen LogP contribution in [0.2, 0.25) is 0 Å². The zero-order chi connectivity index (χ0) is 14.3. The lowest BCUT2D eigenvalue weighted by Crippen LogP contribution is -2.42. The second kappa shape index (κ2) is 6.92. The zero-order valence-corrected chi connectivity index (χ0v) is 11.6. The minimum absolute atomic E-state index is 0.249. The molecule has 1 aromatic rings. The summed E-state index contributed by atoms with van der Waals surface area (Å²) >= 11 is 0. The van der Waals surface area contributed by atoms with Crippen molar-refractivity contribution in [1.29, 1.82) is 0 Å². The third kappa shape index (κ3) is 3.34. The highest BCUT2D eigenvalue weighted by atomic mass is 16.6. The first-order valence-corrected chi connectivity index (χ1v) is 6.55. The standard InChI is InChI=1S/C15H20O4/c1-4-15(5-2,13(16)18-6-3)14(17)19-12-10-8-7-9-11-12/h7-11H,4-6H2,1-3H3. The average molecular weight is 264 g/mol. The molecule has 0 saturated carbocycles. The molecule has 0 fully saturated rings. The Morgan fingerprint density at radius 2 is 1.58 bits per heavy atom. The maximum absolute atomic E-state index is 12.3. The molecule has 0 aliphatic heterocycles. The molecular formula is C15H20O4. The van der Waals surface area contributed by atoms with E-state index in [0.29, 0.717) is 18.6 Å². The summed E-state index contributed by atoms with van der Waals surface area (Å²) in [5.41, 5.74) is -1.22. The van der Waals surface area contributed by atoms with E-state index in [1.807, 2.05) is 6.07 Å². The predicted molar refractivity (Wildman–Crippen MR) is 71.7 cm³/mol. The minimum atomic E-state index is -1.22. The van der Waals surface area contributed by atoms with Crippen molar-refractivity contribution in [3.63, 3.8) is 0 Å². The number of carbonyl (C=O) groups is 2. The first kappa shape index (κ1) is 15.2. The Bertz CT molecular complexity index is 421. The van der Waals surface area contributed by atoms with E-state index in [4.69, 9.17) is 9.47 Å². The van der Waals surface area contributed by atoms with Crippen LogP contribution in [0.4, 0.5) is 0 Å². The molecule has 0 aromatic heterocycles. The first-order valence-electron chi connectivity index (χ1n) is 6.55. The smallest absolute Gasteiger partial charge is 0.328 e. The van der Waals surface area contributed by atoms with E-state index in [9.17, 15) is 9.59 Å². The largest absolute Gasteiger partial charge is 0.465 e. The van der Waals surface area contributed by atoms with Gasteiger partial charge >= 0.3 is 11.9 Å². The maximum atomic E-state index is 12.3. The minimum Gasteiger partial charge on any atom is -0.465 e. The van der Waals surface area contributed by atoms with Gasteiger partial charge in [-0.25, -0.2) is 0 Å². The van der Waals surface area contributed by atoms with Gasteiger partial charge in [-0.15, -0.1) is 0 Å². The van der Waals surface area contributed by atoms with Crippen molar-refractivity contribution in [3.05, 3.63) is 30.3 Å². The summed E-state index contributed by atoms with van der Waals surface area (Å²) in [6.07, 6.45) is 0.710. The number of hydrogen-bond acceptors (Lipinski definition) is 4. The van der Waals surface area contributed by atoms with Gasteiger partial charge in [0.2, 0.25) is 0 Å². The molecule has 4 heteroatoms. The van der Waals surface area contributed by atoms with Gasteiger partial charge in [0.05, 0.1) is 6.61 Å². The van der Waals surface area contributed by atoms with Crippen LogP contribution < -0.4 is 4.74 Å². The number of ether oxygens (including phenoxy) is 2. The number of rotatable bonds is 6. The average Bonchev–Trinajstić information content (AvgIpc) is 2.42. The molecule has 0 aliphatic carbocycles. The summed E-state index contributed by atoms with van der Waals surface area (Å²) in [5.74, 6) is -0.633. The van der Waals surface area contributed by atoms with Crippen molar-refractivity contribution in [2.24, 2.45) is 5.41 Å². The molecule has 0 unspecified atom stereocenters. The SMILES string of the molecule is CCOC(=O)C(CC)(CC)C(=O)Oc1ccccc1. The molecule has 1 rings (SSSR count). The van der Waals surface area contributed by atoms with Crippen LogP contribution in [0.1, 0.15) is 33.6 Å². The van der Waals surface area contributed by atoms with Crippen molar-refractivity contribution in [3.8, 4) is 5.75 Å². The topological polar surface area (TPSA) is 52.6 Å². The molecule has 0 radical (unpaired) electrons. The molecule has 0 bridgehead atoms. The normalized spacial score (nSPS) is 10.9. The molecule has 104 valence electrons. The molecular weight excluding hydrogens is 244 g/mol. The number of para-hydroxylation sites is 1. The van der Waals surface area contributed by atoms with E-state index in [2.05, 4.69) is 0 Å². The van der Waals surface area contributed by atoms with Crippen LogP contribution in [0.3, 0.4) is 0 Å². The van der Waals surface area contributed by atoms with E-state index in [0.717, 1.165) is 0 Å². The molecule has 0 N–H and O–H groups in total. The van der Waals surface area contributed by atoms with Gasteiger partial charge < -0.3 is 9.47 Å². The van der Waals surface area contributed by atoms with Crippen molar-refractivity contribution in [1.82, 2.24) is 0 Å². The molecule has 19 heavy (non-hydrogen) atoms. The van der Waals surface area contributed by atoms with Crippen LogP contribution in [0.15, 0.2) is 30.3 Å². The fourth-order valence-corrected chi connectivity index (χ4v) is 1.87. The van der Waals surface area contributed by atoms with Gasteiger partial charge in [0.25, 0.3) is 0 Å². The molecule has 0 spiro atoms. The number of benzene rings is 1. The monoisotopic (exact) mass is 264 g/mol. The van der Waals surface area contributed by atoms with Gasteiger partial charge in [0.1, 0.15) is 5.75 Å². The van der Waals surface area contributed by atoms with Crippen LogP contribution in [-0.4, -0.2) is 18.5 Å². The highest BCUT2D eigenvalue weighted by molar-refractivity contribution is 6.00. The number of esters is 2. The Hall–Kier alpha value is -1.84. The molecule has 0 heterocycles. The summed E-state index contributed by atoms with van der Waals surface area (Å²) in [6, 6.07) is 8.73. The van der Waals surface area contributed by atoms with Crippen LogP contribution in [-0.2, 0) is 14.3 Å². The Labute approximate surface area is 113 Å². The molecule has 1 aromatic carbocycles. The lowest BCUT2D eigenvalue weighted by Gasteiger charge is -2.26. The van der Waals surface area contributed by atoms with Gasteiger partial charge in [0.15, 0.2) is 5.41 Å². The summed E-state index contributed by atoms with van der Waals surface area (Å²) in [6.45, 7) is 5.54. The predicted octanol–water partition coefficient (Wildman–Crippen LogP) is 2.96. The lowest BCUT2D eigenvalue weighted by molar-refractivity contribution is -0.167. The van der Waals surface area contributed by atoms with Crippen LogP contribution in [0, 0.1) is 5.41 Å². The quantitative estimate of drug-likeness (QED) is 0.450. The molecule has 0 amide bonds.